The van der Waals surface area contributed by atoms with Gasteiger partial charge in [-0.2, -0.15) is 0 Å². The number of ether oxygens (including phenoxy) is 1. The van der Waals surface area contributed by atoms with E-state index >= 15 is 0 Å². The fourth-order valence-corrected chi connectivity index (χ4v) is 3.47. The standard InChI is InChI=1S/C21H22N4O2/c26-21(24-13-17-7-3-6-16-5-1-2-9-19(16)17)25-12-4-8-18(15-25)27-20-14-22-10-11-23-20/h1-3,5-7,9-11,14,18H,4,8,12-13,15H2,(H,24,26). The Bertz CT molecular complexity index is 911. The summed E-state index contributed by atoms with van der Waals surface area (Å²) in [7, 11) is 0. The van der Waals surface area contributed by atoms with E-state index in [-0.39, 0.29) is 12.1 Å². The first-order valence-corrected chi connectivity index (χ1v) is 9.22. The molecule has 0 spiro atoms. The molecule has 1 atom stereocenters. The van der Waals surface area contributed by atoms with E-state index in [4.69, 9.17) is 4.74 Å². The van der Waals surface area contributed by atoms with E-state index < -0.39 is 0 Å². The monoisotopic (exact) mass is 362 g/mol. The fourth-order valence-electron chi connectivity index (χ4n) is 3.47. The molecule has 1 unspecified atom stereocenters. The van der Waals surface area contributed by atoms with Gasteiger partial charge < -0.3 is 15.0 Å². The number of carbonyl (C=O) groups excluding carboxylic acids is 1. The quantitative estimate of drug-likeness (QED) is 0.773. The Hall–Kier alpha value is -3.15. The molecule has 6 nitrogen and oxygen atoms in total. The number of carbonyl (C=O) groups is 1. The number of amides is 2. The van der Waals surface area contributed by atoms with Gasteiger partial charge in [-0.05, 0) is 29.2 Å². The minimum atomic E-state index is -0.0598. The van der Waals surface area contributed by atoms with Crippen molar-refractivity contribution in [1.29, 1.82) is 0 Å². The summed E-state index contributed by atoms with van der Waals surface area (Å²) in [6.07, 6.45) is 6.57. The van der Waals surface area contributed by atoms with E-state index in [1.54, 1.807) is 18.6 Å². The highest BCUT2D eigenvalue weighted by Gasteiger charge is 2.25. The van der Waals surface area contributed by atoms with Gasteiger partial charge in [-0.3, -0.25) is 4.98 Å². The van der Waals surface area contributed by atoms with Crippen molar-refractivity contribution in [2.45, 2.75) is 25.5 Å². The average Bonchev–Trinajstić information content (AvgIpc) is 2.73. The second-order valence-electron chi connectivity index (χ2n) is 6.67. The van der Waals surface area contributed by atoms with Crippen LogP contribution in [0.25, 0.3) is 10.8 Å². The van der Waals surface area contributed by atoms with Crippen LogP contribution in [0.3, 0.4) is 0 Å². The predicted molar refractivity (Wildman–Crippen MR) is 103 cm³/mol. The Morgan fingerprint density at radius 2 is 2.07 bits per heavy atom. The molecule has 2 aromatic carbocycles. The molecule has 2 amide bonds. The van der Waals surface area contributed by atoms with Crippen LogP contribution in [0.15, 0.2) is 61.1 Å². The highest BCUT2D eigenvalue weighted by Crippen LogP contribution is 2.19. The number of nitrogens with one attached hydrogen (secondary N) is 1. The van der Waals surface area contributed by atoms with Gasteiger partial charge in [0.2, 0.25) is 5.88 Å². The Kier molecular flexibility index (Phi) is 5.14. The fraction of sp³-hybridized carbons (Fsp3) is 0.286. The summed E-state index contributed by atoms with van der Waals surface area (Å²) in [6.45, 7) is 1.80. The minimum Gasteiger partial charge on any atom is -0.471 e. The molecule has 27 heavy (non-hydrogen) atoms. The van der Waals surface area contributed by atoms with Crippen LogP contribution in [0, 0.1) is 0 Å². The van der Waals surface area contributed by atoms with Gasteiger partial charge in [0.05, 0.1) is 12.7 Å². The van der Waals surface area contributed by atoms with Gasteiger partial charge in [0.25, 0.3) is 0 Å². The third-order valence-corrected chi connectivity index (χ3v) is 4.80. The van der Waals surface area contributed by atoms with Crippen molar-refractivity contribution >= 4 is 16.8 Å². The number of fused-ring (bicyclic) bond motifs is 1. The molecule has 1 aliphatic heterocycles. The second kappa shape index (κ2) is 8.03. The average molecular weight is 362 g/mol. The molecule has 2 heterocycles. The molecule has 3 aromatic rings. The summed E-state index contributed by atoms with van der Waals surface area (Å²) in [5, 5.41) is 5.40. The van der Waals surface area contributed by atoms with Crippen molar-refractivity contribution < 1.29 is 9.53 Å². The molecule has 6 heteroatoms. The molecule has 1 aromatic heterocycles. The lowest BCUT2D eigenvalue weighted by atomic mass is 10.0. The Morgan fingerprint density at radius 3 is 2.96 bits per heavy atom. The summed E-state index contributed by atoms with van der Waals surface area (Å²) >= 11 is 0. The van der Waals surface area contributed by atoms with Gasteiger partial charge in [0, 0.05) is 25.5 Å². The number of piperidine rings is 1. The SMILES string of the molecule is O=C(NCc1cccc2ccccc12)N1CCCC(Oc2cnccn2)C1. The van der Waals surface area contributed by atoms with Crippen molar-refractivity contribution in [3.63, 3.8) is 0 Å². The van der Waals surface area contributed by atoms with Gasteiger partial charge in [-0.1, -0.05) is 42.5 Å². The molecule has 138 valence electrons. The van der Waals surface area contributed by atoms with E-state index in [1.807, 2.05) is 23.1 Å². The van der Waals surface area contributed by atoms with Crippen molar-refractivity contribution in [3.8, 4) is 5.88 Å². The molecule has 1 saturated heterocycles. The predicted octanol–water partition coefficient (Wildman–Crippen LogP) is 3.38. The second-order valence-corrected chi connectivity index (χ2v) is 6.67. The van der Waals surface area contributed by atoms with Gasteiger partial charge in [0.1, 0.15) is 6.10 Å². The molecular formula is C21H22N4O2. The molecule has 0 aliphatic carbocycles. The van der Waals surface area contributed by atoms with Crippen LogP contribution in [0.2, 0.25) is 0 Å². The zero-order valence-electron chi connectivity index (χ0n) is 15.0. The highest BCUT2D eigenvalue weighted by atomic mass is 16.5. The molecule has 4 rings (SSSR count). The van der Waals surface area contributed by atoms with Gasteiger partial charge in [-0.15, -0.1) is 0 Å². The lowest BCUT2D eigenvalue weighted by Crippen LogP contribution is -2.48. The largest absolute Gasteiger partial charge is 0.471 e. The number of nitrogens with zero attached hydrogens (tertiary/aromatic N) is 3. The van der Waals surface area contributed by atoms with Crippen molar-refractivity contribution in [2.24, 2.45) is 0 Å². The molecule has 0 saturated carbocycles. The van der Waals surface area contributed by atoms with Crippen molar-refractivity contribution in [3.05, 3.63) is 66.6 Å². The summed E-state index contributed by atoms with van der Waals surface area (Å²) in [4.78, 5) is 22.6. The van der Waals surface area contributed by atoms with Crippen LogP contribution in [-0.4, -0.2) is 40.1 Å². The number of hydrogen-bond acceptors (Lipinski definition) is 4. The van der Waals surface area contributed by atoms with Crippen LogP contribution in [-0.2, 0) is 6.54 Å². The summed E-state index contributed by atoms with van der Waals surface area (Å²) in [5.74, 6) is 0.500. The maximum atomic E-state index is 12.6. The van der Waals surface area contributed by atoms with Gasteiger partial charge >= 0.3 is 6.03 Å². The summed E-state index contributed by atoms with van der Waals surface area (Å²) in [6, 6.07) is 14.3. The van der Waals surface area contributed by atoms with Crippen LogP contribution in [0.1, 0.15) is 18.4 Å². The Balaban J connectivity index is 1.36. The lowest BCUT2D eigenvalue weighted by Gasteiger charge is -2.32. The van der Waals surface area contributed by atoms with E-state index in [0.29, 0.717) is 19.0 Å². The minimum absolute atomic E-state index is 0.0567. The zero-order chi connectivity index (χ0) is 18.5. The number of urea groups is 1. The smallest absolute Gasteiger partial charge is 0.317 e. The molecule has 0 radical (unpaired) electrons. The topological polar surface area (TPSA) is 67.4 Å². The van der Waals surface area contributed by atoms with Crippen LogP contribution >= 0.6 is 0 Å². The first-order valence-electron chi connectivity index (χ1n) is 9.22. The lowest BCUT2D eigenvalue weighted by molar-refractivity contribution is 0.0974. The number of benzene rings is 2. The maximum absolute atomic E-state index is 12.6. The number of aromatic nitrogens is 2. The van der Waals surface area contributed by atoms with Crippen molar-refractivity contribution in [1.82, 2.24) is 20.2 Å². The third kappa shape index (κ3) is 4.16. The van der Waals surface area contributed by atoms with Crippen molar-refractivity contribution in [2.75, 3.05) is 13.1 Å². The van der Waals surface area contributed by atoms with Crippen LogP contribution in [0.4, 0.5) is 4.79 Å². The first-order chi connectivity index (χ1) is 13.3. The zero-order valence-corrected chi connectivity index (χ0v) is 15.0. The molecule has 1 fully saturated rings. The normalized spacial score (nSPS) is 16.9. The molecule has 1 aliphatic rings. The third-order valence-electron chi connectivity index (χ3n) is 4.80. The van der Waals surface area contributed by atoms with E-state index in [1.165, 1.54) is 10.8 Å². The van der Waals surface area contributed by atoms with Gasteiger partial charge in [-0.25, -0.2) is 9.78 Å². The highest BCUT2D eigenvalue weighted by molar-refractivity contribution is 5.86. The Labute approximate surface area is 158 Å². The number of likely N-dealkylation sites (tertiary alicyclic amines) is 1. The van der Waals surface area contributed by atoms with E-state index in [0.717, 1.165) is 24.9 Å². The maximum Gasteiger partial charge on any atom is 0.317 e. The van der Waals surface area contributed by atoms with Crippen LogP contribution in [0.5, 0.6) is 5.88 Å². The Morgan fingerprint density at radius 1 is 1.19 bits per heavy atom. The molecule has 1 N–H and O–H groups in total. The molecule has 0 bridgehead atoms. The first kappa shape index (κ1) is 17.3. The van der Waals surface area contributed by atoms with E-state index in [2.05, 4.69) is 39.6 Å². The van der Waals surface area contributed by atoms with E-state index in [9.17, 15) is 4.79 Å². The van der Waals surface area contributed by atoms with Gasteiger partial charge in [0.15, 0.2) is 0 Å². The summed E-state index contributed by atoms with van der Waals surface area (Å²) in [5.41, 5.74) is 1.12. The summed E-state index contributed by atoms with van der Waals surface area (Å²) < 4.78 is 5.86. The number of rotatable bonds is 4. The van der Waals surface area contributed by atoms with Crippen LogP contribution < -0.4 is 10.1 Å². The number of hydrogen-bond donors (Lipinski definition) is 1. The molecular weight excluding hydrogens is 340 g/mol.